The molecule has 0 atom stereocenters. The van der Waals surface area contributed by atoms with Crippen molar-refractivity contribution in [2.75, 3.05) is 0 Å². The number of para-hydroxylation sites is 4. The number of H-pyrrole nitrogens is 1. The third-order valence-electron chi connectivity index (χ3n) is 10.8. The maximum absolute atomic E-state index is 5.07. The highest BCUT2D eigenvalue weighted by atomic mass is 15.2. The fraction of sp³-hybridized carbons (Fsp3) is 0. The van der Waals surface area contributed by atoms with Crippen LogP contribution in [0.1, 0.15) is 0 Å². The van der Waals surface area contributed by atoms with Gasteiger partial charge in [0.25, 0.3) is 0 Å². The minimum Gasteiger partial charge on any atom is -0.309 e. The number of fused-ring (bicyclic) bond motifs is 6. The molecule has 0 saturated heterocycles. The molecular weight excluding hydrogens is 671 g/mol. The Morgan fingerprint density at radius 2 is 0.891 bits per heavy atom. The van der Waals surface area contributed by atoms with Crippen LogP contribution in [-0.4, -0.2) is 24.3 Å². The van der Waals surface area contributed by atoms with Crippen LogP contribution in [0.3, 0.4) is 0 Å². The summed E-state index contributed by atoms with van der Waals surface area (Å²) in [5.41, 5.74) is 13.4. The summed E-state index contributed by atoms with van der Waals surface area (Å²) in [5, 5.41) is 13.0. The van der Waals surface area contributed by atoms with Crippen molar-refractivity contribution in [2.45, 2.75) is 0 Å². The second kappa shape index (κ2) is 12.6. The van der Waals surface area contributed by atoms with Gasteiger partial charge in [-0.1, -0.05) is 140 Å². The van der Waals surface area contributed by atoms with Gasteiger partial charge in [-0.25, -0.2) is 4.98 Å². The van der Waals surface area contributed by atoms with E-state index in [1.165, 1.54) is 49.2 Å². The van der Waals surface area contributed by atoms with Gasteiger partial charge in [0.2, 0.25) is 0 Å². The highest BCUT2D eigenvalue weighted by Crippen LogP contribution is 2.39. The Morgan fingerprint density at radius 3 is 1.55 bits per heavy atom. The summed E-state index contributed by atoms with van der Waals surface area (Å²) in [6.45, 7) is 0. The Bertz CT molecular complexity index is 3110. The molecule has 3 heterocycles. The second-order valence-corrected chi connectivity index (χ2v) is 14.0. The van der Waals surface area contributed by atoms with Crippen LogP contribution >= 0.6 is 0 Å². The summed E-state index contributed by atoms with van der Waals surface area (Å²) in [4.78, 5) is 5.07. The molecule has 0 spiro atoms. The molecule has 0 aliphatic carbocycles. The monoisotopic (exact) mass is 703 g/mol. The molecule has 0 radical (unpaired) electrons. The molecule has 0 amide bonds. The van der Waals surface area contributed by atoms with Crippen molar-refractivity contribution in [3.8, 4) is 56.4 Å². The number of nitrogens with zero attached hydrogens (tertiary/aromatic N) is 4. The molecule has 258 valence electrons. The summed E-state index contributed by atoms with van der Waals surface area (Å²) < 4.78 is 4.72. The molecule has 11 aromatic rings. The molecule has 0 unspecified atom stereocenters. The van der Waals surface area contributed by atoms with Crippen molar-refractivity contribution in [1.82, 2.24) is 24.3 Å². The van der Waals surface area contributed by atoms with Gasteiger partial charge in [0.15, 0.2) is 11.6 Å². The van der Waals surface area contributed by atoms with E-state index in [-0.39, 0.29) is 0 Å². The predicted octanol–water partition coefficient (Wildman–Crippen LogP) is 12.7. The van der Waals surface area contributed by atoms with Gasteiger partial charge in [0, 0.05) is 43.9 Å². The van der Waals surface area contributed by atoms with E-state index in [2.05, 4.69) is 208 Å². The molecule has 55 heavy (non-hydrogen) atoms. The number of rotatable bonds is 6. The van der Waals surface area contributed by atoms with E-state index in [4.69, 9.17) is 10.1 Å². The third kappa shape index (κ3) is 5.09. The zero-order valence-electron chi connectivity index (χ0n) is 29.8. The lowest BCUT2D eigenvalue weighted by Gasteiger charge is -2.16. The summed E-state index contributed by atoms with van der Waals surface area (Å²) in [7, 11) is 0. The lowest BCUT2D eigenvalue weighted by Crippen LogP contribution is -1.98. The zero-order chi connectivity index (χ0) is 36.3. The molecule has 0 bridgehead atoms. The van der Waals surface area contributed by atoms with Crippen molar-refractivity contribution < 1.29 is 0 Å². The Kier molecular flexibility index (Phi) is 7.10. The van der Waals surface area contributed by atoms with E-state index in [1.54, 1.807) is 0 Å². The van der Waals surface area contributed by atoms with E-state index in [0.717, 1.165) is 45.0 Å². The van der Waals surface area contributed by atoms with Gasteiger partial charge in [-0.15, -0.1) is 0 Å². The average molecular weight is 704 g/mol. The molecular formula is C50H33N5. The quantitative estimate of drug-likeness (QED) is 0.187. The Balaban J connectivity index is 1.03. The van der Waals surface area contributed by atoms with Crippen molar-refractivity contribution in [3.63, 3.8) is 0 Å². The van der Waals surface area contributed by atoms with Crippen LogP contribution < -0.4 is 0 Å². The lowest BCUT2D eigenvalue weighted by molar-refractivity contribution is 1.10. The molecule has 5 heteroatoms. The van der Waals surface area contributed by atoms with Gasteiger partial charge in [0.1, 0.15) is 0 Å². The second-order valence-electron chi connectivity index (χ2n) is 14.0. The highest BCUT2D eigenvalue weighted by molar-refractivity contribution is 6.10. The summed E-state index contributed by atoms with van der Waals surface area (Å²) >= 11 is 0. The molecule has 0 aliphatic heterocycles. The Morgan fingerprint density at radius 1 is 0.364 bits per heavy atom. The topological polar surface area (TPSA) is 51.4 Å². The minimum absolute atomic E-state index is 0.653. The molecule has 5 nitrogen and oxygen atoms in total. The number of aromatic nitrogens is 5. The summed E-state index contributed by atoms with van der Waals surface area (Å²) in [6, 6.07) is 69.0. The fourth-order valence-electron chi connectivity index (χ4n) is 8.29. The van der Waals surface area contributed by atoms with Gasteiger partial charge in [-0.05, 0) is 71.3 Å². The van der Waals surface area contributed by atoms with E-state index in [1.807, 2.05) is 0 Å². The van der Waals surface area contributed by atoms with Crippen LogP contribution in [-0.2, 0) is 0 Å². The van der Waals surface area contributed by atoms with Crippen LogP contribution in [0.25, 0.3) is 100 Å². The van der Waals surface area contributed by atoms with Gasteiger partial charge in [-0.2, -0.15) is 5.10 Å². The molecule has 1 N–H and O–H groups in total. The molecule has 0 aliphatic rings. The average Bonchev–Trinajstić information content (AvgIpc) is 3.98. The molecule has 11 rings (SSSR count). The summed E-state index contributed by atoms with van der Waals surface area (Å²) in [6.07, 6.45) is 0. The Hall–Kier alpha value is -7.50. The van der Waals surface area contributed by atoms with Crippen LogP contribution in [0, 0.1) is 0 Å². The number of hydrogen-bond donors (Lipinski definition) is 1. The first-order valence-corrected chi connectivity index (χ1v) is 18.6. The smallest absolute Gasteiger partial charge is 0.181 e. The maximum atomic E-state index is 5.07. The predicted molar refractivity (Wildman–Crippen MR) is 227 cm³/mol. The van der Waals surface area contributed by atoms with Crippen molar-refractivity contribution in [3.05, 3.63) is 194 Å². The van der Waals surface area contributed by atoms with Crippen molar-refractivity contribution in [1.29, 1.82) is 0 Å². The fourth-order valence-corrected chi connectivity index (χ4v) is 8.29. The van der Waals surface area contributed by atoms with E-state index in [9.17, 15) is 0 Å². The van der Waals surface area contributed by atoms with Crippen molar-refractivity contribution in [2.24, 2.45) is 0 Å². The largest absolute Gasteiger partial charge is 0.309 e. The van der Waals surface area contributed by atoms with Gasteiger partial charge in [0.05, 0.1) is 27.8 Å². The number of benzene rings is 8. The number of aromatic amines is 1. The van der Waals surface area contributed by atoms with E-state index < -0.39 is 0 Å². The maximum Gasteiger partial charge on any atom is 0.181 e. The van der Waals surface area contributed by atoms with Crippen LogP contribution in [0.4, 0.5) is 0 Å². The zero-order valence-corrected chi connectivity index (χ0v) is 29.8. The minimum atomic E-state index is 0.653. The van der Waals surface area contributed by atoms with Crippen LogP contribution in [0.15, 0.2) is 194 Å². The van der Waals surface area contributed by atoms with Gasteiger partial charge >= 0.3 is 0 Å². The molecule has 0 fully saturated rings. The number of hydrogen-bond acceptors (Lipinski definition) is 2. The Labute approximate surface area is 317 Å². The highest BCUT2D eigenvalue weighted by Gasteiger charge is 2.18. The van der Waals surface area contributed by atoms with Crippen molar-refractivity contribution >= 4 is 43.6 Å². The molecule has 0 saturated carbocycles. The van der Waals surface area contributed by atoms with Crippen LogP contribution in [0.5, 0.6) is 0 Å². The number of nitrogens with one attached hydrogen (secondary N) is 1. The first-order chi connectivity index (χ1) is 27.3. The van der Waals surface area contributed by atoms with E-state index in [0.29, 0.717) is 5.82 Å². The molecule has 8 aromatic carbocycles. The first kappa shape index (κ1) is 31.1. The SMILES string of the molecule is c1ccc(-c2ccc(-n3c4ccccc4c4ccccc43)c(-c3cccc(-c4nc(-c5cccc(-n6c7ccccc7c7ccccc76)c5)n[nH]4)c3)c2)cc1. The van der Waals surface area contributed by atoms with E-state index >= 15 is 0 Å². The third-order valence-corrected chi connectivity index (χ3v) is 10.8. The molecule has 3 aromatic heterocycles. The first-order valence-electron chi connectivity index (χ1n) is 18.6. The summed E-state index contributed by atoms with van der Waals surface area (Å²) in [5.74, 6) is 1.37. The normalized spacial score (nSPS) is 11.6. The lowest BCUT2D eigenvalue weighted by atomic mass is 9.96. The van der Waals surface area contributed by atoms with Gasteiger partial charge < -0.3 is 9.13 Å². The van der Waals surface area contributed by atoms with Crippen LogP contribution in [0.2, 0.25) is 0 Å². The standard InChI is InChI=1S/C50H33N5/c1-2-14-33(15-3-1)34-28-29-48(55-46-26-10-6-22-41(46)42-23-7-11-27-47(42)55)43(32-34)35-16-12-17-36(30-35)49-51-50(53-52-49)37-18-13-19-38(31-37)54-44-24-8-4-20-39(44)40-21-5-9-25-45(40)54/h1-32H,(H,51,52,53). The van der Waals surface area contributed by atoms with Gasteiger partial charge in [-0.3, -0.25) is 5.10 Å².